The van der Waals surface area contributed by atoms with Crippen molar-refractivity contribution in [2.75, 3.05) is 26.2 Å². The summed E-state index contributed by atoms with van der Waals surface area (Å²) in [6.07, 6.45) is 10.5. The SMILES string of the molecule is Cl.O=C(NCCCOC1CCCC1)c1ccn(C2CCCNC2)n1. The fourth-order valence-corrected chi connectivity index (χ4v) is 3.39. The molecule has 1 unspecified atom stereocenters. The van der Waals surface area contributed by atoms with Crippen LogP contribution >= 0.6 is 12.4 Å². The summed E-state index contributed by atoms with van der Waals surface area (Å²) in [6, 6.07) is 2.17. The van der Waals surface area contributed by atoms with Crippen LogP contribution in [0.25, 0.3) is 0 Å². The average molecular weight is 357 g/mol. The predicted octanol–water partition coefficient (Wildman–Crippen LogP) is 2.31. The number of hydrogen-bond acceptors (Lipinski definition) is 4. The van der Waals surface area contributed by atoms with Crippen molar-refractivity contribution < 1.29 is 9.53 Å². The highest BCUT2D eigenvalue weighted by molar-refractivity contribution is 5.92. The Morgan fingerprint density at radius 3 is 2.92 bits per heavy atom. The van der Waals surface area contributed by atoms with E-state index in [-0.39, 0.29) is 18.3 Å². The molecule has 0 bridgehead atoms. The van der Waals surface area contributed by atoms with Gasteiger partial charge in [-0.1, -0.05) is 12.8 Å². The molecule has 0 spiro atoms. The highest BCUT2D eigenvalue weighted by Crippen LogP contribution is 2.20. The molecule has 6 nitrogen and oxygen atoms in total. The van der Waals surface area contributed by atoms with Gasteiger partial charge in [0.25, 0.3) is 5.91 Å². The Morgan fingerprint density at radius 1 is 1.33 bits per heavy atom. The summed E-state index contributed by atoms with van der Waals surface area (Å²) in [4.78, 5) is 12.1. The third kappa shape index (κ3) is 5.46. The third-order valence-electron chi connectivity index (χ3n) is 4.75. The Labute approximate surface area is 150 Å². The summed E-state index contributed by atoms with van der Waals surface area (Å²) < 4.78 is 7.72. The number of hydrogen-bond donors (Lipinski definition) is 2. The lowest BCUT2D eigenvalue weighted by Gasteiger charge is -2.22. The number of carbonyl (C=O) groups is 1. The second kappa shape index (κ2) is 10.0. The number of nitrogens with one attached hydrogen (secondary N) is 2. The van der Waals surface area contributed by atoms with Gasteiger partial charge in [0, 0.05) is 25.9 Å². The molecule has 1 saturated heterocycles. The Hall–Kier alpha value is -1.11. The number of carbonyl (C=O) groups excluding carboxylic acids is 1. The van der Waals surface area contributed by atoms with Gasteiger partial charge in [0.2, 0.25) is 0 Å². The molecule has 2 heterocycles. The van der Waals surface area contributed by atoms with Gasteiger partial charge in [0.05, 0.1) is 12.1 Å². The van der Waals surface area contributed by atoms with Crippen molar-refractivity contribution in [2.45, 2.75) is 57.1 Å². The number of aromatic nitrogens is 2. The van der Waals surface area contributed by atoms with Crippen molar-refractivity contribution in [1.82, 2.24) is 20.4 Å². The summed E-state index contributed by atoms with van der Waals surface area (Å²) in [5.74, 6) is -0.0895. The molecule has 1 saturated carbocycles. The van der Waals surface area contributed by atoms with Gasteiger partial charge >= 0.3 is 0 Å². The molecule has 1 aromatic rings. The van der Waals surface area contributed by atoms with E-state index >= 15 is 0 Å². The Kier molecular flexibility index (Phi) is 8.02. The standard InChI is InChI=1S/C17H28N4O2.ClH/c22-17(19-10-4-12-23-15-6-1-2-7-15)16-8-11-21(20-16)14-5-3-9-18-13-14;/h8,11,14-15,18H,1-7,9-10,12-13H2,(H,19,22);1H. The predicted molar refractivity (Wildman–Crippen MR) is 95.8 cm³/mol. The molecule has 3 rings (SSSR count). The number of ether oxygens (including phenoxy) is 1. The van der Waals surface area contributed by atoms with Crippen LogP contribution in [0.4, 0.5) is 0 Å². The average Bonchev–Trinajstić information content (AvgIpc) is 3.27. The number of nitrogens with zero attached hydrogens (tertiary/aromatic N) is 2. The minimum atomic E-state index is -0.0895. The lowest BCUT2D eigenvalue weighted by molar-refractivity contribution is 0.0565. The highest BCUT2D eigenvalue weighted by atomic mass is 35.5. The van der Waals surface area contributed by atoms with Gasteiger partial charge in [-0.2, -0.15) is 5.10 Å². The van der Waals surface area contributed by atoms with E-state index in [2.05, 4.69) is 15.7 Å². The number of amides is 1. The first-order chi connectivity index (χ1) is 11.3. The summed E-state index contributed by atoms with van der Waals surface area (Å²) in [7, 11) is 0. The van der Waals surface area contributed by atoms with Crippen LogP contribution in [0.2, 0.25) is 0 Å². The van der Waals surface area contributed by atoms with Gasteiger partial charge in [-0.25, -0.2) is 0 Å². The van der Waals surface area contributed by atoms with Crippen LogP contribution in [-0.4, -0.2) is 48.0 Å². The quantitative estimate of drug-likeness (QED) is 0.736. The van der Waals surface area contributed by atoms with E-state index in [9.17, 15) is 4.79 Å². The van der Waals surface area contributed by atoms with Crippen molar-refractivity contribution in [3.63, 3.8) is 0 Å². The van der Waals surface area contributed by atoms with Crippen LogP contribution in [0, 0.1) is 0 Å². The van der Waals surface area contributed by atoms with E-state index in [1.165, 1.54) is 25.7 Å². The molecule has 2 N–H and O–H groups in total. The van der Waals surface area contributed by atoms with Gasteiger partial charge in [0.15, 0.2) is 0 Å². The maximum Gasteiger partial charge on any atom is 0.271 e. The summed E-state index contributed by atoms with van der Waals surface area (Å²) in [5.41, 5.74) is 0.507. The summed E-state index contributed by atoms with van der Waals surface area (Å²) in [6.45, 7) is 3.38. The van der Waals surface area contributed by atoms with E-state index < -0.39 is 0 Å². The normalized spacial score (nSPS) is 21.4. The zero-order valence-corrected chi connectivity index (χ0v) is 15.0. The van der Waals surface area contributed by atoms with Gasteiger partial charge < -0.3 is 15.4 Å². The molecule has 1 aliphatic heterocycles. The summed E-state index contributed by atoms with van der Waals surface area (Å²) in [5, 5.41) is 10.7. The second-order valence-corrected chi connectivity index (χ2v) is 6.57. The lowest BCUT2D eigenvalue weighted by Crippen LogP contribution is -2.32. The number of rotatable bonds is 7. The first-order valence-corrected chi connectivity index (χ1v) is 8.98. The van der Waals surface area contributed by atoms with E-state index in [0.29, 0.717) is 24.4 Å². The van der Waals surface area contributed by atoms with Gasteiger partial charge in [0.1, 0.15) is 5.69 Å². The Balaban J connectivity index is 0.00000208. The molecule has 1 amide bonds. The molecule has 0 aromatic carbocycles. The van der Waals surface area contributed by atoms with Crippen molar-refractivity contribution >= 4 is 18.3 Å². The molecule has 2 aliphatic rings. The van der Waals surface area contributed by atoms with Crippen LogP contribution in [0.5, 0.6) is 0 Å². The van der Waals surface area contributed by atoms with E-state index in [4.69, 9.17) is 4.74 Å². The topological polar surface area (TPSA) is 68.2 Å². The second-order valence-electron chi connectivity index (χ2n) is 6.57. The first kappa shape index (κ1) is 19.2. The van der Waals surface area contributed by atoms with Gasteiger partial charge in [-0.3, -0.25) is 9.48 Å². The van der Waals surface area contributed by atoms with Crippen LogP contribution in [0.15, 0.2) is 12.3 Å². The van der Waals surface area contributed by atoms with Crippen LogP contribution in [0.1, 0.15) is 61.5 Å². The van der Waals surface area contributed by atoms with E-state index in [0.717, 1.165) is 39.0 Å². The van der Waals surface area contributed by atoms with Crippen LogP contribution in [0.3, 0.4) is 0 Å². The molecule has 136 valence electrons. The molecule has 2 fully saturated rings. The highest BCUT2D eigenvalue weighted by Gasteiger charge is 2.18. The maximum atomic E-state index is 12.1. The molecule has 1 atom stereocenters. The monoisotopic (exact) mass is 356 g/mol. The van der Waals surface area contributed by atoms with Crippen LogP contribution < -0.4 is 10.6 Å². The molecular formula is C17H29ClN4O2. The van der Waals surface area contributed by atoms with E-state index in [1.54, 1.807) is 6.07 Å². The van der Waals surface area contributed by atoms with Crippen molar-refractivity contribution in [2.24, 2.45) is 0 Å². The van der Waals surface area contributed by atoms with Crippen LogP contribution in [-0.2, 0) is 4.74 Å². The fraction of sp³-hybridized carbons (Fsp3) is 0.765. The molecular weight excluding hydrogens is 328 g/mol. The Bertz CT molecular complexity index is 497. The zero-order valence-electron chi connectivity index (χ0n) is 14.2. The minimum absolute atomic E-state index is 0. The van der Waals surface area contributed by atoms with Crippen molar-refractivity contribution in [3.05, 3.63) is 18.0 Å². The molecule has 1 aliphatic carbocycles. The number of piperidine rings is 1. The van der Waals surface area contributed by atoms with Crippen molar-refractivity contribution in [1.29, 1.82) is 0 Å². The molecule has 7 heteroatoms. The lowest BCUT2D eigenvalue weighted by atomic mass is 10.1. The maximum absolute atomic E-state index is 12.1. The van der Waals surface area contributed by atoms with Gasteiger partial charge in [-0.15, -0.1) is 12.4 Å². The minimum Gasteiger partial charge on any atom is -0.378 e. The van der Waals surface area contributed by atoms with Gasteiger partial charge in [-0.05, 0) is 44.7 Å². The number of halogens is 1. The molecule has 0 radical (unpaired) electrons. The molecule has 24 heavy (non-hydrogen) atoms. The van der Waals surface area contributed by atoms with E-state index in [1.807, 2.05) is 10.9 Å². The zero-order chi connectivity index (χ0) is 15.9. The third-order valence-corrected chi connectivity index (χ3v) is 4.75. The summed E-state index contributed by atoms with van der Waals surface area (Å²) >= 11 is 0. The largest absolute Gasteiger partial charge is 0.378 e. The first-order valence-electron chi connectivity index (χ1n) is 8.98. The fourth-order valence-electron chi connectivity index (χ4n) is 3.39. The molecule has 1 aromatic heterocycles. The smallest absolute Gasteiger partial charge is 0.271 e. The van der Waals surface area contributed by atoms with Crippen molar-refractivity contribution in [3.8, 4) is 0 Å². The Morgan fingerprint density at radius 2 is 2.17 bits per heavy atom.